The Kier molecular flexibility index (Phi) is 3.99. The molecule has 0 aliphatic carbocycles. The quantitative estimate of drug-likeness (QED) is 0.732. The summed E-state index contributed by atoms with van der Waals surface area (Å²) in [5.74, 6) is -0.500. The van der Waals surface area contributed by atoms with E-state index in [4.69, 9.17) is 4.42 Å². The van der Waals surface area contributed by atoms with E-state index in [9.17, 15) is 14.7 Å². The second-order valence-electron chi connectivity index (χ2n) is 5.44. The Balaban J connectivity index is 1.99. The van der Waals surface area contributed by atoms with Crippen LogP contribution in [0.15, 0.2) is 52.2 Å². The molecule has 24 heavy (non-hydrogen) atoms. The molecule has 0 saturated carbocycles. The molecule has 2 heterocycles. The van der Waals surface area contributed by atoms with Gasteiger partial charge in [0.1, 0.15) is 16.3 Å². The molecule has 0 saturated heterocycles. The van der Waals surface area contributed by atoms with Crippen LogP contribution in [0.1, 0.15) is 21.5 Å². The molecule has 2 aromatic heterocycles. The average Bonchev–Trinajstić information content (AvgIpc) is 2.96. The van der Waals surface area contributed by atoms with Crippen LogP contribution in [0.2, 0.25) is 0 Å². The summed E-state index contributed by atoms with van der Waals surface area (Å²) in [5.41, 5.74) is 1.38. The molecule has 1 amide bonds. The first-order chi connectivity index (χ1) is 11.4. The number of hydrogen-bond acceptors (Lipinski definition) is 5. The van der Waals surface area contributed by atoms with E-state index in [0.29, 0.717) is 20.8 Å². The van der Waals surface area contributed by atoms with Crippen molar-refractivity contribution in [2.24, 2.45) is 0 Å². The lowest BCUT2D eigenvalue weighted by Crippen LogP contribution is -2.25. The molecule has 0 radical (unpaired) electrons. The molecule has 122 valence electrons. The molecule has 6 heteroatoms. The summed E-state index contributed by atoms with van der Waals surface area (Å²) in [5, 5.41) is 10.1. The van der Waals surface area contributed by atoms with Gasteiger partial charge in [-0.1, -0.05) is 24.3 Å². The van der Waals surface area contributed by atoms with E-state index in [1.54, 1.807) is 25.2 Å². The van der Waals surface area contributed by atoms with Crippen molar-refractivity contribution in [3.05, 3.63) is 70.1 Å². The van der Waals surface area contributed by atoms with Gasteiger partial charge in [0.25, 0.3) is 5.91 Å². The minimum absolute atomic E-state index is 0.0171. The predicted octanol–water partition coefficient (Wildman–Crippen LogP) is 3.97. The topological polar surface area (TPSA) is 70.8 Å². The first-order valence-electron chi connectivity index (χ1n) is 7.17. The maximum absolute atomic E-state index is 12.6. The third kappa shape index (κ3) is 2.83. The molecule has 0 spiro atoms. The normalized spacial score (nSPS) is 10.8. The van der Waals surface area contributed by atoms with E-state index in [1.165, 1.54) is 22.3 Å². The van der Waals surface area contributed by atoms with E-state index in [2.05, 4.69) is 6.58 Å². The van der Waals surface area contributed by atoms with Crippen LogP contribution in [0.25, 0.3) is 16.0 Å². The zero-order valence-corrected chi connectivity index (χ0v) is 14.0. The summed E-state index contributed by atoms with van der Waals surface area (Å²) in [6, 6.07) is 10.5. The van der Waals surface area contributed by atoms with Crippen LogP contribution >= 0.6 is 11.3 Å². The smallest absolute Gasteiger partial charge is 0.347 e. The Hall–Kier alpha value is -2.86. The summed E-state index contributed by atoms with van der Waals surface area (Å²) < 4.78 is 5.83. The molecule has 0 atom stereocenters. The highest BCUT2D eigenvalue weighted by Gasteiger charge is 2.18. The zero-order valence-electron chi connectivity index (χ0n) is 13.2. The lowest BCUT2D eigenvalue weighted by atomic mass is 10.1. The van der Waals surface area contributed by atoms with Gasteiger partial charge in [-0.15, -0.1) is 11.3 Å². The van der Waals surface area contributed by atoms with Gasteiger partial charge in [-0.05, 0) is 25.1 Å². The lowest BCUT2D eigenvalue weighted by Gasteiger charge is -2.14. The summed E-state index contributed by atoms with van der Waals surface area (Å²) in [7, 11) is 1.66. The highest BCUT2D eigenvalue weighted by Crippen LogP contribution is 2.33. The Morgan fingerprint density at radius 1 is 1.25 bits per heavy atom. The van der Waals surface area contributed by atoms with Crippen LogP contribution in [-0.4, -0.2) is 18.1 Å². The van der Waals surface area contributed by atoms with Gasteiger partial charge in [0.05, 0.1) is 4.70 Å². The zero-order chi connectivity index (χ0) is 17.4. The van der Waals surface area contributed by atoms with Gasteiger partial charge in [0, 0.05) is 18.7 Å². The van der Waals surface area contributed by atoms with Gasteiger partial charge >= 0.3 is 5.63 Å². The number of fused-ring (bicyclic) bond motifs is 1. The van der Waals surface area contributed by atoms with Gasteiger partial charge < -0.3 is 14.4 Å². The second-order valence-corrected chi connectivity index (χ2v) is 6.50. The van der Waals surface area contributed by atoms with E-state index < -0.39 is 5.63 Å². The van der Waals surface area contributed by atoms with Crippen LogP contribution in [0, 0.1) is 6.92 Å². The number of thiophene rings is 1. The van der Waals surface area contributed by atoms with Crippen LogP contribution in [0.3, 0.4) is 0 Å². The van der Waals surface area contributed by atoms with Gasteiger partial charge in [-0.3, -0.25) is 4.79 Å². The molecule has 5 nitrogen and oxygen atoms in total. The van der Waals surface area contributed by atoms with Gasteiger partial charge in [-0.25, -0.2) is 4.79 Å². The standard InChI is InChI=1S/C18H15NO4S/c1-10-4-6-12(7-5-10)17(21)19(3)16-9-14-15(24-16)8-13(11(2)20)18(22)23-14/h4-9,20H,2H2,1,3H3. The van der Waals surface area contributed by atoms with Crippen molar-refractivity contribution in [2.45, 2.75) is 6.92 Å². The maximum atomic E-state index is 12.6. The summed E-state index contributed by atoms with van der Waals surface area (Å²) in [4.78, 5) is 25.8. The minimum Gasteiger partial charge on any atom is -0.508 e. The molecule has 0 aliphatic rings. The Morgan fingerprint density at radius 2 is 1.92 bits per heavy atom. The highest BCUT2D eigenvalue weighted by atomic mass is 32.1. The maximum Gasteiger partial charge on any atom is 0.347 e. The van der Waals surface area contributed by atoms with E-state index in [1.807, 2.05) is 19.1 Å². The number of carbonyl (C=O) groups excluding carboxylic acids is 1. The van der Waals surface area contributed by atoms with Crippen molar-refractivity contribution in [3.8, 4) is 0 Å². The molecule has 0 unspecified atom stereocenters. The molecule has 1 N–H and O–H groups in total. The number of nitrogens with zero attached hydrogens (tertiary/aromatic N) is 1. The van der Waals surface area contributed by atoms with Gasteiger partial charge in [0.15, 0.2) is 5.58 Å². The Bertz CT molecular complexity index is 998. The number of rotatable bonds is 3. The number of hydrogen-bond donors (Lipinski definition) is 1. The number of amides is 1. The number of carbonyl (C=O) groups is 1. The molecule has 3 aromatic rings. The number of aryl methyl sites for hydroxylation is 1. The van der Waals surface area contributed by atoms with Crippen molar-refractivity contribution < 1.29 is 14.3 Å². The van der Waals surface area contributed by atoms with E-state index in [-0.39, 0.29) is 17.2 Å². The number of anilines is 1. The fourth-order valence-electron chi connectivity index (χ4n) is 2.26. The fourth-order valence-corrected chi connectivity index (χ4v) is 3.25. The summed E-state index contributed by atoms with van der Waals surface area (Å²) in [6.45, 7) is 5.30. The Labute approximate surface area is 142 Å². The van der Waals surface area contributed by atoms with Crippen LogP contribution < -0.4 is 10.5 Å². The van der Waals surface area contributed by atoms with E-state index >= 15 is 0 Å². The largest absolute Gasteiger partial charge is 0.508 e. The molecule has 0 fully saturated rings. The average molecular weight is 341 g/mol. The number of benzene rings is 1. The molecule has 0 bridgehead atoms. The number of aliphatic hydroxyl groups excluding tert-OH is 1. The lowest BCUT2D eigenvalue weighted by molar-refractivity contribution is 0.0993. The molecular formula is C18H15NO4S. The molecule has 3 rings (SSSR count). The highest BCUT2D eigenvalue weighted by molar-refractivity contribution is 7.22. The van der Waals surface area contributed by atoms with Gasteiger partial charge in [0.2, 0.25) is 0 Å². The van der Waals surface area contributed by atoms with Crippen molar-refractivity contribution in [3.63, 3.8) is 0 Å². The second kappa shape index (κ2) is 5.98. The minimum atomic E-state index is -0.660. The van der Waals surface area contributed by atoms with Crippen LogP contribution in [-0.2, 0) is 0 Å². The summed E-state index contributed by atoms with van der Waals surface area (Å²) >= 11 is 1.29. The van der Waals surface area contributed by atoms with Crippen LogP contribution in [0.5, 0.6) is 0 Å². The van der Waals surface area contributed by atoms with Crippen molar-refractivity contribution in [1.82, 2.24) is 0 Å². The van der Waals surface area contributed by atoms with Crippen LogP contribution in [0.4, 0.5) is 5.00 Å². The molecular weight excluding hydrogens is 326 g/mol. The monoisotopic (exact) mass is 341 g/mol. The van der Waals surface area contributed by atoms with Crippen molar-refractivity contribution >= 4 is 38.3 Å². The first kappa shape index (κ1) is 16.0. The fraction of sp³-hybridized carbons (Fsp3) is 0.111. The Morgan fingerprint density at radius 3 is 2.54 bits per heavy atom. The van der Waals surface area contributed by atoms with Crippen molar-refractivity contribution in [1.29, 1.82) is 0 Å². The third-order valence-corrected chi connectivity index (χ3v) is 4.79. The predicted molar refractivity (Wildman–Crippen MR) is 95.9 cm³/mol. The first-order valence-corrected chi connectivity index (χ1v) is 7.99. The summed E-state index contributed by atoms with van der Waals surface area (Å²) in [6.07, 6.45) is 0. The van der Waals surface area contributed by atoms with Gasteiger partial charge in [-0.2, -0.15) is 0 Å². The molecule has 1 aromatic carbocycles. The van der Waals surface area contributed by atoms with Crippen molar-refractivity contribution in [2.75, 3.05) is 11.9 Å². The SMILES string of the molecule is C=C(O)c1cc2sc(N(C)C(=O)c3ccc(C)cc3)cc2oc1=O. The van der Waals surface area contributed by atoms with E-state index in [0.717, 1.165) is 5.56 Å². The third-order valence-electron chi connectivity index (χ3n) is 3.65. The number of aliphatic hydroxyl groups is 1. The molecule has 0 aliphatic heterocycles.